The highest BCUT2D eigenvalue weighted by Gasteiger charge is 2.05. The van der Waals surface area contributed by atoms with Gasteiger partial charge in [0.05, 0.1) is 13.2 Å². The summed E-state index contributed by atoms with van der Waals surface area (Å²) < 4.78 is 10.9. The van der Waals surface area contributed by atoms with Gasteiger partial charge in [0.25, 0.3) is 0 Å². The van der Waals surface area contributed by atoms with Crippen molar-refractivity contribution in [2.75, 3.05) is 51.8 Å². The van der Waals surface area contributed by atoms with Crippen molar-refractivity contribution < 1.29 is 9.47 Å². The quantitative estimate of drug-likeness (QED) is 0.498. The number of hydrogen-bond acceptors (Lipinski definition) is 4. The molecule has 0 bridgehead atoms. The maximum absolute atomic E-state index is 5.81. The Labute approximate surface area is 122 Å². The van der Waals surface area contributed by atoms with Gasteiger partial charge in [-0.25, -0.2) is 0 Å². The molecule has 0 aliphatic heterocycles. The fraction of sp³-hybridized carbons (Fsp3) is 0.625. The van der Waals surface area contributed by atoms with E-state index in [1.165, 1.54) is 5.56 Å². The molecule has 1 aromatic rings. The Morgan fingerprint density at radius 3 is 2.20 bits per heavy atom. The Bertz CT molecular complexity index is 348. The summed E-state index contributed by atoms with van der Waals surface area (Å²) in [5.74, 6) is 0. The third-order valence-electron chi connectivity index (χ3n) is 3.18. The Hall–Kier alpha value is -1.10. The van der Waals surface area contributed by atoms with Gasteiger partial charge >= 0.3 is 0 Å². The van der Waals surface area contributed by atoms with Gasteiger partial charge in [-0.3, -0.25) is 4.90 Å². The number of anilines is 1. The van der Waals surface area contributed by atoms with Crippen molar-refractivity contribution in [2.24, 2.45) is 0 Å². The summed E-state index contributed by atoms with van der Waals surface area (Å²) in [6, 6.07) is 8.10. The van der Waals surface area contributed by atoms with Crippen molar-refractivity contribution in [1.29, 1.82) is 0 Å². The molecule has 2 N–H and O–H groups in total. The number of hydrogen-bond donors (Lipinski definition) is 1. The van der Waals surface area contributed by atoms with Crippen molar-refractivity contribution in [3.63, 3.8) is 0 Å². The zero-order valence-electron chi connectivity index (χ0n) is 12.8. The van der Waals surface area contributed by atoms with Crippen LogP contribution in [-0.2, 0) is 15.9 Å². The summed E-state index contributed by atoms with van der Waals surface area (Å²) in [4.78, 5) is 2.38. The second-order valence-corrected chi connectivity index (χ2v) is 4.73. The second-order valence-electron chi connectivity index (χ2n) is 4.73. The van der Waals surface area contributed by atoms with E-state index < -0.39 is 0 Å². The molecule has 0 unspecified atom stereocenters. The first kappa shape index (κ1) is 17.0. The minimum Gasteiger partial charge on any atom is -0.399 e. The number of benzene rings is 1. The van der Waals surface area contributed by atoms with Gasteiger partial charge in [-0.1, -0.05) is 12.1 Å². The van der Waals surface area contributed by atoms with Gasteiger partial charge in [0.2, 0.25) is 0 Å². The van der Waals surface area contributed by atoms with Crippen molar-refractivity contribution in [3.05, 3.63) is 29.8 Å². The Balaban J connectivity index is 2.37. The number of nitrogen functional groups attached to an aromatic ring is 1. The van der Waals surface area contributed by atoms with Crippen LogP contribution in [0.2, 0.25) is 0 Å². The Morgan fingerprint density at radius 1 is 1.00 bits per heavy atom. The highest BCUT2D eigenvalue weighted by atomic mass is 16.5. The highest BCUT2D eigenvalue weighted by Crippen LogP contribution is 2.08. The van der Waals surface area contributed by atoms with Crippen molar-refractivity contribution in [3.8, 4) is 0 Å². The number of nitrogens with zero attached hydrogens (tertiary/aromatic N) is 1. The summed E-state index contributed by atoms with van der Waals surface area (Å²) in [5, 5.41) is 0. The standard InChI is InChI=1S/C16H28N2O2/c1-3-19-12-10-18(11-13-20-4-2)9-8-15-6-5-7-16(17)14-15/h5-7,14H,3-4,8-13,17H2,1-2H3. The average molecular weight is 280 g/mol. The van der Waals surface area contributed by atoms with Crippen LogP contribution in [0, 0.1) is 0 Å². The van der Waals surface area contributed by atoms with Crippen molar-refractivity contribution in [2.45, 2.75) is 20.3 Å². The lowest BCUT2D eigenvalue weighted by molar-refractivity contribution is 0.0833. The molecule has 0 fully saturated rings. The molecule has 0 saturated heterocycles. The van der Waals surface area contributed by atoms with E-state index in [2.05, 4.69) is 11.0 Å². The van der Waals surface area contributed by atoms with E-state index in [9.17, 15) is 0 Å². The molecule has 0 aromatic heterocycles. The predicted octanol–water partition coefficient (Wildman–Crippen LogP) is 2.19. The van der Waals surface area contributed by atoms with Gasteiger partial charge in [-0.05, 0) is 38.0 Å². The lowest BCUT2D eigenvalue weighted by Crippen LogP contribution is -2.33. The topological polar surface area (TPSA) is 47.7 Å². The SMILES string of the molecule is CCOCCN(CCOCC)CCc1cccc(N)c1. The summed E-state index contributed by atoms with van der Waals surface area (Å²) in [6.45, 7) is 10.0. The van der Waals surface area contributed by atoms with Crippen LogP contribution in [0.5, 0.6) is 0 Å². The van der Waals surface area contributed by atoms with Crippen LogP contribution in [0.4, 0.5) is 5.69 Å². The van der Waals surface area contributed by atoms with Gasteiger partial charge in [0, 0.05) is 38.5 Å². The van der Waals surface area contributed by atoms with Crippen molar-refractivity contribution in [1.82, 2.24) is 4.90 Å². The van der Waals surface area contributed by atoms with Crippen LogP contribution in [0.15, 0.2) is 24.3 Å². The van der Waals surface area contributed by atoms with Gasteiger partial charge < -0.3 is 15.2 Å². The minimum absolute atomic E-state index is 0.772. The van der Waals surface area contributed by atoms with Crippen LogP contribution in [0.25, 0.3) is 0 Å². The molecule has 1 aromatic carbocycles. The molecule has 0 heterocycles. The summed E-state index contributed by atoms with van der Waals surface area (Å²) in [5.41, 5.74) is 7.92. The first-order valence-corrected chi connectivity index (χ1v) is 7.48. The monoisotopic (exact) mass is 280 g/mol. The number of rotatable bonds is 11. The van der Waals surface area contributed by atoms with Crippen LogP contribution in [0.1, 0.15) is 19.4 Å². The van der Waals surface area contributed by atoms with Crippen LogP contribution >= 0.6 is 0 Å². The lowest BCUT2D eigenvalue weighted by atomic mass is 10.1. The van der Waals surface area contributed by atoms with Gasteiger partial charge in [-0.2, -0.15) is 0 Å². The van der Waals surface area contributed by atoms with Crippen LogP contribution < -0.4 is 5.73 Å². The van der Waals surface area contributed by atoms with Gasteiger partial charge in [0.1, 0.15) is 0 Å². The lowest BCUT2D eigenvalue weighted by Gasteiger charge is -2.22. The summed E-state index contributed by atoms with van der Waals surface area (Å²) in [7, 11) is 0. The summed E-state index contributed by atoms with van der Waals surface area (Å²) in [6.07, 6.45) is 1.00. The minimum atomic E-state index is 0.772. The predicted molar refractivity (Wildman–Crippen MR) is 84.0 cm³/mol. The zero-order chi connectivity index (χ0) is 14.6. The molecule has 0 atom stereocenters. The molecular formula is C16H28N2O2. The molecule has 114 valence electrons. The van der Waals surface area contributed by atoms with Crippen molar-refractivity contribution >= 4 is 5.69 Å². The molecule has 20 heavy (non-hydrogen) atoms. The number of nitrogens with two attached hydrogens (primary N) is 1. The molecule has 0 saturated carbocycles. The van der Waals surface area contributed by atoms with E-state index in [4.69, 9.17) is 15.2 Å². The van der Waals surface area contributed by atoms with E-state index in [1.807, 2.05) is 32.0 Å². The Morgan fingerprint density at radius 2 is 1.65 bits per heavy atom. The summed E-state index contributed by atoms with van der Waals surface area (Å²) >= 11 is 0. The number of ether oxygens (including phenoxy) is 2. The highest BCUT2D eigenvalue weighted by molar-refractivity contribution is 5.40. The fourth-order valence-electron chi connectivity index (χ4n) is 2.05. The third-order valence-corrected chi connectivity index (χ3v) is 3.18. The first-order chi connectivity index (χ1) is 9.76. The van der Waals surface area contributed by atoms with E-state index in [0.717, 1.165) is 58.2 Å². The van der Waals surface area contributed by atoms with Gasteiger partial charge in [-0.15, -0.1) is 0 Å². The molecule has 1 rings (SSSR count). The second kappa shape index (κ2) is 10.7. The molecule has 4 heteroatoms. The fourth-order valence-corrected chi connectivity index (χ4v) is 2.05. The maximum Gasteiger partial charge on any atom is 0.0593 e. The molecule has 0 aliphatic carbocycles. The van der Waals surface area contributed by atoms with E-state index in [0.29, 0.717) is 0 Å². The molecule has 0 radical (unpaired) electrons. The molecule has 4 nitrogen and oxygen atoms in total. The molecule has 0 amide bonds. The van der Waals surface area contributed by atoms with Crippen LogP contribution in [0.3, 0.4) is 0 Å². The smallest absolute Gasteiger partial charge is 0.0593 e. The molecule has 0 spiro atoms. The van der Waals surface area contributed by atoms with E-state index >= 15 is 0 Å². The third kappa shape index (κ3) is 7.48. The molecular weight excluding hydrogens is 252 g/mol. The van der Waals surface area contributed by atoms with E-state index in [1.54, 1.807) is 0 Å². The zero-order valence-corrected chi connectivity index (χ0v) is 12.8. The Kier molecular flexibility index (Phi) is 9.04. The maximum atomic E-state index is 5.81. The van der Waals surface area contributed by atoms with Gasteiger partial charge in [0.15, 0.2) is 0 Å². The molecule has 0 aliphatic rings. The normalized spacial score (nSPS) is 11.2. The first-order valence-electron chi connectivity index (χ1n) is 7.48. The largest absolute Gasteiger partial charge is 0.399 e. The van der Waals surface area contributed by atoms with E-state index in [-0.39, 0.29) is 0 Å². The average Bonchev–Trinajstić information content (AvgIpc) is 2.44. The van der Waals surface area contributed by atoms with Crippen LogP contribution in [-0.4, -0.2) is 51.0 Å².